The van der Waals surface area contributed by atoms with Crippen LogP contribution in [0.2, 0.25) is 0 Å². The van der Waals surface area contributed by atoms with Crippen LogP contribution in [0.1, 0.15) is 23.2 Å². The first-order valence-corrected chi connectivity index (χ1v) is 8.29. The molecule has 0 aliphatic rings. The predicted molar refractivity (Wildman–Crippen MR) is 87.4 cm³/mol. The Hall–Kier alpha value is -2.32. The van der Waals surface area contributed by atoms with E-state index < -0.39 is 5.91 Å². The van der Waals surface area contributed by atoms with Crippen LogP contribution in [0, 0.1) is 12.7 Å². The maximum Gasteiger partial charge on any atom is 0.301 e. The summed E-state index contributed by atoms with van der Waals surface area (Å²) in [5, 5.41) is 3.68. The number of ether oxygens (including phenoxy) is 1. The normalized spacial score (nSPS) is 12.2. The molecule has 0 aliphatic heterocycles. The van der Waals surface area contributed by atoms with Gasteiger partial charge in [-0.15, -0.1) is 0 Å². The molecule has 1 amide bonds. The second-order valence-corrected chi connectivity index (χ2v) is 6.09. The summed E-state index contributed by atoms with van der Waals surface area (Å²) in [6.45, 7) is 5.20. The van der Waals surface area contributed by atoms with Crippen LogP contribution < -0.4 is 4.80 Å². The highest BCUT2D eigenvalue weighted by atomic mass is 32.1. The van der Waals surface area contributed by atoms with E-state index in [2.05, 4.69) is 10.1 Å². The quantitative estimate of drug-likeness (QED) is 0.664. The molecule has 1 aromatic carbocycles. The van der Waals surface area contributed by atoms with Gasteiger partial charge in [0.25, 0.3) is 0 Å². The lowest BCUT2D eigenvalue weighted by Crippen LogP contribution is -2.19. The van der Waals surface area contributed by atoms with Crippen molar-refractivity contribution in [2.75, 3.05) is 13.2 Å². The molecule has 24 heavy (non-hydrogen) atoms. The van der Waals surface area contributed by atoms with Crippen molar-refractivity contribution in [3.63, 3.8) is 0 Å². The van der Waals surface area contributed by atoms with Crippen molar-refractivity contribution >= 4 is 27.5 Å². The Labute approximate surface area is 141 Å². The maximum absolute atomic E-state index is 13.5. The second kappa shape index (κ2) is 7.06. The summed E-state index contributed by atoms with van der Waals surface area (Å²) in [6.07, 6.45) is 0. The van der Waals surface area contributed by atoms with Crippen molar-refractivity contribution in [1.29, 1.82) is 0 Å². The Bertz CT molecular complexity index is 942. The Balaban J connectivity index is 2.06. The molecule has 3 rings (SSSR count). The fourth-order valence-corrected chi connectivity index (χ4v) is 3.34. The van der Waals surface area contributed by atoms with Gasteiger partial charge in [-0.05, 0) is 32.0 Å². The van der Waals surface area contributed by atoms with Crippen LogP contribution in [0.15, 0.2) is 33.8 Å². The number of benzene rings is 1. The number of nitrogens with zero attached hydrogens (tertiary/aromatic N) is 3. The van der Waals surface area contributed by atoms with Crippen LogP contribution in [0.25, 0.3) is 10.2 Å². The van der Waals surface area contributed by atoms with E-state index in [4.69, 9.17) is 9.26 Å². The van der Waals surface area contributed by atoms with E-state index in [0.29, 0.717) is 30.3 Å². The van der Waals surface area contributed by atoms with E-state index in [1.54, 1.807) is 13.0 Å². The number of hydrogen-bond acceptors (Lipinski definition) is 5. The summed E-state index contributed by atoms with van der Waals surface area (Å²) in [7, 11) is 0. The number of carbonyl (C=O) groups excluding carboxylic acids is 1. The van der Waals surface area contributed by atoms with E-state index in [1.807, 2.05) is 11.5 Å². The number of fused-ring (bicyclic) bond motifs is 1. The molecule has 2 aromatic heterocycles. The van der Waals surface area contributed by atoms with Crippen molar-refractivity contribution in [2.24, 2.45) is 4.99 Å². The van der Waals surface area contributed by atoms with Gasteiger partial charge in [0.15, 0.2) is 10.5 Å². The van der Waals surface area contributed by atoms with Gasteiger partial charge < -0.3 is 13.8 Å². The fourth-order valence-electron chi connectivity index (χ4n) is 2.26. The third-order valence-corrected chi connectivity index (χ3v) is 4.39. The standard InChI is InChI=1S/C16H16FN3O3S/c1-3-22-7-6-20-13-5-4-11(17)9-14(13)24-16(20)18-15(21)12-8-10(2)23-19-12/h4-5,8-9H,3,6-7H2,1-2H3. The molecule has 6 nitrogen and oxygen atoms in total. The molecule has 3 aromatic rings. The van der Waals surface area contributed by atoms with Crippen LogP contribution in [0.5, 0.6) is 0 Å². The average Bonchev–Trinajstić information content (AvgIpc) is 3.11. The summed E-state index contributed by atoms with van der Waals surface area (Å²) in [5.41, 5.74) is 0.955. The van der Waals surface area contributed by atoms with E-state index in [0.717, 1.165) is 10.2 Å². The lowest BCUT2D eigenvalue weighted by Gasteiger charge is -2.05. The Morgan fingerprint density at radius 3 is 3.00 bits per heavy atom. The second-order valence-electron chi connectivity index (χ2n) is 5.09. The topological polar surface area (TPSA) is 69.6 Å². The van der Waals surface area contributed by atoms with Crippen LogP contribution in [-0.2, 0) is 11.3 Å². The van der Waals surface area contributed by atoms with Crippen molar-refractivity contribution in [2.45, 2.75) is 20.4 Å². The van der Waals surface area contributed by atoms with Crippen molar-refractivity contribution < 1.29 is 18.4 Å². The Morgan fingerprint density at radius 1 is 1.46 bits per heavy atom. The molecule has 0 N–H and O–H groups in total. The van der Waals surface area contributed by atoms with Gasteiger partial charge in [0, 0.05) is 19.2 Å². The van der Waals surface area contributed by atoms with E-state index in [1.165, 1.54) is 29.5 Å². The van der Waals surface area contributed by atoms with Gasteiger partial charge in [-0.2, -0.15) is 4.99 Å². The van der Waals surface area contributed by atoms with Crippen LogP contribution in [0.3, 0.4) is 0 Å². The first-order valence-electron chi connectivity index (χ1n) is 7.47. The van der Waals surface area contributed by atoms with Gasteiger partial charge in [-0.25, -0.2) is 4.39 Å². The van der Waals surface area contributed by atoms with Gasteiger partial charge in [-0.3, -0.25) is 4.79 Å². The summed E-state index contributed by atoms with van der Waals surface area (Å²) >= 11 is 1.25. The van der Waals surface area contributed by atoms with Crippen LogP contribution >= 0.6 is 11.3 Å². The highest BCUT2D eigenvalue weighted by Gasteiger charge is 2.12. The Morgan fingerprint density at radius 2 is 2.29 bits per heavy atom. The first kappa shape index (κ1) is 16.5. The summed E-state index contributed by atoms with van der Waals surface area (Å²) in [5.74, 6) is -0.286. The highest BCUT2D eigenvalue weighted by molar-refractivity contribution is 7.16. The van der Waals surface area contributed by atoms with E-state index in [-0.39, 0.29) is 11.5 Å². The number of carbonyl (C=O) groups is 1. The minimum atomic E-state index is -0.496. The van der Waals surface area contributed by atoms with Gasteiger partial charge in [0.05, 0.1) is 16.8 Å². The zero-order valence-corrected chi connectivity index (χ0v) is 14.1. The number of hydrogen-bond donors (Lipinski definition) is 0. The molecule has 0 spiro atoms. The minimum Gasteiger partial charge on any atom is -0.380 e. The minimum absolute atomic E-state index is 0.146. The smallest absolute Gasteiger partial charge is 0.301 e. The van der Waals surface area contributed by atoms with Crippen LogP contribution in [0.4, 0.5) is 4.39 Å². The van der Waals surface area contributed by atoms with Crippen LogP contribution in [-0.4, -0.2) is 28.8 Å². The van der Waals surface area contributed by atoms with Gasteiger partial charge in [0.2, 0.25) is 0 Å². The van der Waals surface area contributed by atoms with Gasteiger partial charge in [0.1, 0.15) is 11.6 Å². The molecule has 0 saturated heterocycles. The third-order valence-electron chi connectivity index (χ3n) is 3.35. The lowest BCUT2D eigenvalue weighted by atomic mass is 10.3. The number of amides is 1. The largest absolute Gasteiger partial charge is 0.380 e. The summed E-state index contributed by atoms with van der Waals surface area (Å²) in [4.78, 5) is 16.9. The highest BCUT2D eigenvalue weighted by Crippen LogP contribution is 2.18. The average molecular weight is 349 g/mol. The molecule has 0 saturated carbocycles. The molecule has 0 radical (unpaired) electrons. The Kier molecular flexibility index (Phi) is 4.86. The number of rotatable bonds is 5. The van der Waals surface area contributed by atoms with Crippen molar-refractivity contribution in [3.8, 4) is 0 Å². The molecule has 0 atom stereocenters. The molecule has 2 heterocycles. The number of aryl methyl sites for hydroxylation is 1. The molecular weight excluding hydrogens is 333 g/mol. The number of halogens is 1. The molecule has 0 aliphatic carbocycles. The van der Waals surface area contributed by atoms with E-state index in [9.17, 15) is 9.18 Å². The zero-order chi connectivity index (χ0) is 17.1. The first-order chi connectivity index (χ1) is 11.6. The van der Waals surface area contributed by atoms with Gasteiger partial charge >= 0.3 is 5.91 Å². The van der Waals surface area contributed by atoms with Crippen molar-refractivity contribution in [3.05, 3.63) is 46.3 Å². The summed E-state index contributed by atoms with van der Waals surface area (Å²) < 4.78 is 26.3. The molecule has 0 bridgehead atoms. The van der Waals surface area contributed by atoms with E-state index >= 15 is 0 Å². The number of aromatic nitrogens is 2. The number of thiazole rings is 1. The molecule has 0 unspecified atom stereocenters. The maximum atomic E-state index is 13.5. The molecule has 0 fully saturated rings. The predicted octanol–water partition coefficient (Wildman–Crippen LogP) is 2.92. The fraction of sp³-hybridized carbons (Fsp3) is 0.312. The molecular formula is C16H16FN3O3S. The molecule has 8 heteroatoms. The monoisotopic (exact) mass is 349 g/mol. The zero-order valence-electron chi connectivity index (χ0n) is 13.3. The van der Waals surface area contributed by atoms with Gasteiger partial charge in [-0.1, -0.05) is 16.5 Å². The SMILES string of the molecule is CCOCCn1c(=NC(=O)c2cc(C)on2)sc2cc(F)ccc21. The van der Waals surface area contributed by atoms with Crippen molar-refractivity contribution in [1.82, 2.24) is 9.72 Å². The lowest BCUT2D eigenvalue weighted by molar-refractivity contribution is 0.0988. The third kappa shape index (κ3) is 3.44. The molecule has 126 valence electrons. The summed E-state index contributed by atoms with van der Waals surface area (Å²) in [6, 6.07) is 6.03.